The standard InChI is InChI=1S/C17H17N5O/c1-10-8-12(3)22-17(18-10)19-15(20-22)16(23)21-11(2)9-13-6-4-5-7-14(13)21/h4-8,11H,9H2,1-3H3. The topological polar surface area (TPSA) is 63.4 Å². The van der Waals surface area contributed by atoms with Crippen LogP contribution in [0.3, 0.4) is 0 Å². The van der Waals surface area contributed by atoms with Crippen molar-refractivity contribution in [2.45, 2.75) is 33.2 Å². The molecule has 0 radical (unpaired) electrons. The molecule has 0 spiro atoms. The predicted molar refractivity (Wildman–Crippen MR) is 86.7 cm³/mol. The summed E-state index contributed by atoms with van der Waals surface area (Å²) >= 11 is 0. The number of aryl methyl sites for hydroxylation is 2. The zero-order chi connectivity index (χ0) is 16.1. The Kier molecular flexibility index (Phi) is 2.94. The van der Waals surface area contributed by atoms with Gasteiger partial charge in [0.05, 0.1) is 0 Å². The first kappa shape index (κ1) is 13.9. The predicted octanol–water partition coefficient (Wildman–Crippen LogP) is 2.33. The molecule has 0 N–H and O–H groups in total. The van der Waals surface area contributed by atoms with Gasteiger partial charge in [0.25, 0.3) is 11.7 Å². The molecule has 0 saturated carbocycles. The number of aromatic nitrogens is 4. The van der Waals surface area contributed by atoms with Gasteiger partial charge in [-0.25, -0.2) is 9.50 Å². The number of amides is 1. The minimum atomic E-state index is -0.176. The van der Waals surface area contributed by atoms with Crippen molar-refractivity contribution in [2.24, 2.45) is 0 Å². The van der Waals surface area contributed by atoms with E-state index in [1.165, 1.54) is 5.56 Å². The smallest absolute Gasteiger partial charge is 0.298 e. The van der Waals surface area contributed by atoms with Crippen molar-refractivity contribution in [3.05, 3.63) is 53.1 Å². The quantitative estimate of drug-likeness (QED) is 0.692. The summed E-state index contributed by atoms with van der Waals surface area (Å²) < 4.78 is 1.62. The Hall–Kier alpha value is -2.76. The highest BCUT2D eigenvalue weighted by Crippen LogP contribution is 2.32. The van der Waals surface area contributed by atoms with Crippen molar-refractivity contribution in [1.29, 1.82) is 0 Å². The summed E-state index contributed by atoms with van der Waals surface area (Å²) in [7, 11) is 0. The van der Waals surface area contributed by atoms with Gasteiger partial charge in [0.15, 0.2) is 0 Å². The number of carbonyl (C=O) groups is 1. The molecule has 0 saturated heterocycles. The first-order chi connectivity index (χ1) is 11.0. The van der Waals surface area contributed by atoms with Gasteiger partial charge in [-0.2, -0.15) is 4.98 Å². The fourth-order valence-electron chi connectivity index (χ4n) is 3.24. The largest absolute Gasteiger partial charge is 0.302 e. The van der Waals surface area contributed by atoms with Crippen LogP contribution in [0.15, 0.2) is 30.3 Å². The second-order valence-electron chi connectivity index (χ2n) is 6.04. The molecule has 1 amide bonds. The van der Waals surface area contributed by atoms with Crippen LogP contribution in [0.4, 0.5) is 5.69 Å². The molecule has 116 valence electrons. The van der Waals surface area contributed by atoms with E-state index < -0.39 is 0 Å². The van der Waals surface area contributed by atoms with Crippen LogP contribution in [0.1, 0.15) is 34.5 Å². The van der Waals surface area contributed by atoms with E-state index in [1.54, 1.807) is 9.42 Å². The molecule has 3 heterocycles. The normalized spacial score (nSPS) is 16.8. The summed E-state index contributed by atoms with van der Waals surface area (Å²) in [6, 6.07) is 10.00. The maximum absolute atomic E-state index is 12.9. The summed E-state index contributed by atoms with van der Waals surface area (Å²) in [5, 5.41) is 4.36. The van der Waals surface area contributed by atoms with Crippen molar-refractivity contribution in [3.8, 4) is 0 Å². The van der Waals surface area contributed by atoms with E-state index in [2.05, 4.69) is 21.1 Å². The number of carbonyl (C=O) groups excluding carboxylic acids is 1. The molecule has 23 heavy (non-hydrogen) atoms. The lowest BCUT2D eigenvalue weighted by Crippen LogP contribution is -2.36. The Morgan fingerprint density at radius 2 is 2.00 bits per heavy atom. The van der Waals surface area contributed by atoms with Crippen molar-refractivity contribution in [1.82, 2.24) is 19.6 Å². The fourth-order valence-corrected chi connectivity index (χ4v) is 3.24. The second-order valence-corrected chi connectivity index (χ2v) is 6.04. The number of para-hydroxylation sites is 1. The molecular formula is C17H17N5O. The molecule has 2 aromatic heterocycles. The van der Waals surface area contributed by atoms with E-state index in [9.17, 15) is 4.79 Å². The van der Waals surface area contributed by atoms with Crippen LogP contribution in [0, 0.1) is 13.8 Å². The first-order valence-corrected chi connectivity index (χ1v) is 7.67. The van der Waals surface area contributed by atoms with Crippen LogP contribution in [0.2, 0.25) is 0 Å². The molecule has 1 atom stereocenters. The van der Waals surface area contributed by atoms with Crippen LogP contribution in [0.5, 0.6) is 0 Å². The molecule has 1 aromatic carbocycles. The molecule has 0 bridgehead atoms. The zero-order valence-electron chi connectivity index (χ0n) is 13.3. The van der Waals surface area contributed by atoms with Gasteiger partial charge < -0.3 is 4.90 Å². The van der Waals surface area contributed by atoms with Gasteiger partial charge in [0, 0.05) is 23.1 Å². The highest BCUT2D eigenvalue weighted by molar-refractivity contribution is 6.05. The zero-order valence-corrected chi connectivity index (χ0v) is 13.3. The third-order valence-corrected chi connectivity index (χ3v) is 4.24. The molecule has 1 aliphatic heterocycles. The van der Waals surface area contributed by atoms with Gasteiger partial charge in [-0.1, -0.05) is 18.2 Å². The summed E-state index contributed by atoms with van der Waals surface area (Å²) in [6.45, 7) is 5.88. The van der Waals surface area contributed by atoms with E-state index in [1.807, 2.05) is 45.0 Å². The van der Waals surface area contributed by atoms with Gasteiger partial charge >= 0.3 is 0 Å². The maximum Gasteiger partial charge on any atom is 0.298 e. The van der Waals surface area contributed by atoms with Crippen LogP contribution in [0.25, 0.3) is 5.78 Å². The Labute approximate surface area is 133 Å². The van der Waals surface area contributed by atoms with Gasteiger partial charge in [-0.05, 0) is 44.9 Å². The van der Waals surface area contributed by atoms with Crippen LogP contribution >= 0.6 is 0 Å². The van der Waals surface area contributed by atoms with Crippen LogP contribution in [-0.4, -0.2) is 31.5 Å². The Balaban J connectivity index is 1.79. The average molecular weight is 307 g/mol. The third kappa shape index (κ3) is 2.10. The van der Waals surface area contributed by atoms with Crippen molar-refractivity contribution in [2.75, 3.05) is 4.90 Å². The minimum absolute atomic E-state index is 0.0994. The van der Waals surface area contributed by atoms with Gasteiger partial charge in [0.1, 0.15) is 0 Å². The molecule has 6 nitrogen and oxygen atoms in total. The highest BCUT2D eigenvalue weighted by atomic mass is 16.2. The number of hydrogen-bond donors (Lipinski definition) is 0. The number of benzene rings is 1. The molecule has 4 rings (SSSR count). The lowest BCUT2D eigenvalue weighted by Gasteiger charge is -2.20. The van der Waals surface area contributed by atoms with Crippen LogP contribution < -0.4 is 4.90 Å². The molecule has 1 unspecified atom stereocenters. The van der Waals surface area contributed by atoms with Crippen molar-refractivity contribution < 1.29 is 4.79 Å². The van der Waals surface area contributed by atoms with E-state index in [4.69, 9.17) is 0 Å². The van der Waals surface area contributed by atoms with E-state index >= 15 is 0 Å². The lowest BCUT2D eigenvalue weighted by atomic mass is 10.1. The fraction of sp³-hybridized carbons (Fsp3) is 0.294. The van der Waals surface area contributed by atoms with Crippen molar-refractivity contribution in [3.63, 3.8) is 0 Å². The lowest BCUT2D eigenvalue weighted by molar-refractivity contribution is 0.0971. The molecule has 3 aromatic rings. The van der Waals surface area contributed by atoms with Crippen LogP contribution in [-0.2, 0) is 6.42 Å². The van der Waals surface area contributed by atoms with Gasteiger partial charge in [-0.3, -0.25) is 4.79 Å². The molecule has 6 heteroatoms. The van der Waals surface area contributed by atoms with Gasteiger partial charge in [0.2, 0.25) is 5.82 Å². The number of anilines is 1. The van der Waals surface area contributed by atoms with Gasteiger partial charge in [-0.15, -0.1) is 5.10 Å². The highest BCUT2D eigenvalue weighted by Gasteiger charge is 2.33. The summed E-state index contributed by atoms with van der Waals surface area (Å²) in [5.74, 6) is 0.478. The Morgan fingerprint density at radius 3 is 2.83 bits per heavy atom. The summed E-state index contributed by atoms with van der Waals surface area (Å²) in [6.07, 6.45) is 0.853. The number of nitrogens with zero attached hydrogens (tertiary/aromatic N) is 5. The SMILES string of the molecule is Cc1cc(C)n2nc(C(=O)N3c4ccccc4CC3C)nc2n1. The third-order valence-electron chi connectivity index (χ3n) is 4.24. The summed E-state index contributed by atoms with van der Waals surface area (Å²) in [5.41, 5.74) is 3.90. The number of rotatable bonds is 1. The maximum atomic E-state index is 12.9. The Bertz CT molecular complexity index is 930. The molecule has 0 fully saturated rings. The Morgan fingerprint density at radius 1 is 1.22 bits per heavy atom. The average Bonchev–Trinajstić information content (AvgIpc) is 3.06. The molecule has 0 aliphatic carbocycles. The second kappa shape index (κ2) is 4.87. The summed E-state index contributed by atoms with van der Waals surface area (Å²) in [4.78, 5) is 23.4. The first-order valence-electron chi connectivity index (χ1n) is 7.67. The molecular weight excluding hydrogens is 290 g/mol. The van der Waals surface area contributed by atoms with Crippen molar-refractivity contribution >= 4 is 17.4 Å². The number of hydrogen-bond acceptors (Lipinski definition) is 4. The monoisotopic (exact) mass is 307 g/mol. The van der Waals surface area contributed by atoms with E-state index in [0.717, 1.165) is 23.5 Å². The van der Waals surface area contributed by atoms with E-state index in [0.29, 0.717) is 5.78 Å². The number of fused-ring (bicyclic) bond motifs is 2. The van der Waals surface area contributed by atoms with E-state index in [-0.39, 0.29) is 17.8 Å². The minimum Gasteiger partial charge on any atom is -0.302 e. The molecule has 1 aliphatic rings.